The molecule has 194 valence electrons. The van der Waals surface area contributed by atoms with Gasteiger partial charge in [-0.3, -0.25) is 0 Å². The average Bonchev–Trinajstić information content (AvgIpc) is 3.09. The zero-order valence-electron chi connectivity index (χ0n) is 21.3. The van der Waals surface area contributed by atoms with Crippen LogP contribution in [0.2, 0.25) is 0 Å². The summed E-state index contributed by atoms with van der Waals surface area (Å²) in [5.41, 5.74) is 1.15. The Balaban J connectivity index is 1.62. The summed E-state index contributed by atoms with van der Waals surface area (Å²) >= 11 is 0. The summed E-state index contributed by atoms with van der Waals surface area (Å²) in [5.74, 6) is -2.30. The van der Waals surface area contributed by atoms with Crippen molar-refractivity contribution < 1.29 is 28.8 Å². The third-order valence-corrected chi connectivity index (χ3v) is 8.78. The molecule has 6 atom stereocenters. The zero-order valence-corrected chi connectivity index (χ0v) is 21.3. The fourth-order valence-electron chi connectivity index (χ4n) is 6.50. The molecule has 0 bridgehead atoms. The molecule has 0 aliphatic heterocycles. The highest BCUT2D eigenvalue weighted by molar-refractivity contribution is 5.38. The molecule has 0 aromatic rings. The first-order valence-electron chi connectivity index (χ1n) is 12.9. The van der Waals surface area contributed by atoms with Crippen LogP contribution in [0.5, 0.6) is 0 Å². The van der Waals surface area contributed by atoms with Crippen LogP contribution in [-0.4, -0.2) is 51.8 Å². The lowest BCUT2D eigenvalue weighted by Gasteiger charge is -2.44. The Bertz CT molecular complexity index is 797. The van der Waals surface area contributed by atoms with Gasteiger partial charge in [0.2, 0.25) is 0 Å². The second kappa shape index (κ2) is 10.5. The molecular formula is C28H44F2O4. The highest BCUT2D eigenvalue weighted by Gasteiger charge is 2.51. The molecule has 3 aliphatic carbocycles. The molecule has 0 radical (unpaired) electrons. The van der Waals surface area contributed by atoms with Gasteiger partial charge >= 0.3 is 0 Å². The number of halogens is 2. The van der Waals surface area contributed by atoms with E-state index < -0.39 is 23.7 Å². The van der Waals surface area contributed by atoms with E-state index in [9.17, 15) is 24.1 Å². The summed E-state index contributed by atoms with van der Waals surface area (Å²) in [4.78, 5) is 0. The maximum atomic E-state index is 14.0. The van der Waals surface area contributed by atoms with E-state index in [1.807, 2.05) is 6.08 Å². The number of alkyl halides is 2. The molecule has 3 fully saturated rings. The Hall–Kier alpha value is -1.08. The van der Waals surface area contributed by atoms with E-state index in [1.54, 1.807) is 0 Å². The van der Waals surface area contributed by atoms with E-state index in [0.717, 1.165) is 51.5 Å². The fraction of sp³-hybridized carbons (Fsp3) is 0.786. The largest absolute Gasteiger partial charge is 0.393 e. The number of rotatable bonds is 8. The molecule has 4 nitrogen and oxygen atoms in total. The quantitative estimate of drug-likeness (QED) is 0.387. The van der Waals surface area contributed by atoms with Crippen molar-refractivity contribution in [2.75, 3.05) is 6.61 Å². The molecule has 0 spiro atoms. The van der Waals surface area contributed by atoms with Crippen LogP contribution in [0.1, 0.15) is 85.5 Å². The molecule has 3 aliphatic rings. The van der Waals surface area contributed by atoms with Gasteiger partial charge in [-0.15, -0.1) is 0 Å². The summed E-state index contributed by atoms with van der Waals surface area (Å²) < 4.78 is 34.1. The average molecular weight is 483 g/mol. The molecule has 0 heterocycles. The van der Waals surface area contributed by atoms with Gasteiger partial charge in [0.05, 0.1) is 18.3 Å². The van der Waals surface area contributed by atoms with Crippen LogP contribution in [0.3, 0.4) is 0 Å². The Labute approximate surface area is 203 Å². The molecule has 0 aromatic carbocycles. The van der Waals surface area contributed by atoms with Gasteiger partial charge in [-0.25, -0.2) is 8.78 Å². The topological polar surface area (TPSA) is 69.9 Å². The first kappa shape index (κ1) is 27.5. The maximum absolute atomic E-state index is 14.0. The Morgan fingerprint density at radius 1 is 1.24 bits per heavy atom. The summed E-state index contributed by atoms with van der Waals surface area (Å²) in [5, 5.41) is 29.8. The predicted octanol–water partition coefficient (Wildman–Crippen LogP) is 5.72. The number of hydrogen-bond acceptors (Lipinski definition) is 4. The van der Waals surface area contributed by atoms with Crippen molar-refractivity contribution in [1.29, 1.82) is 0 Å². The first-order chi connectivity index (χ1) is 15.8. The molecular weight excluding hydrogens is 438 g/mol. The van der Waals surface area contributed by atoms with Gasteiger partial charge in [0.1, 0.15) is 5.60 Å². The number of fused-ring (bicyclic) bond motifs is 1. The van der Waals surface area contributed by atoms with Gasteiger partial charge in [0, 0.05) is 19.4 Å². The van der Waals surface area contributed by atoms with Gasteiger partial charge in [0.25, 0.3) is 5.92 Å². The van der Waals surface area contributed by atoms with Crippen LogP contribution in [0, 0.1) is 17.3 Å². The molecule has 0 aromatic heterocycles. The molecule has 3 saturated carbocycles. The number of hydrogen-bond donors (Lipinski definition) is 3. The smallest absolute Gasteiger partial charge is 0.275 e. The number of allylic oxidation sites excluding steroid dienone is 3. The Kier molecular flexibility index (Phi) is 8.49. The van der Waals surface area contributed by atoms with Gasteiger partial charge in [-0.1, -0.05) is 31.2 Å². The van der Waals surface area contributed by atoms with Crippen molar-refractivity contribution in [3.05, 3.63) is 35.5 Å². The normalized spacial score (nSPS) is 36.2. The molecule has 3 rings (SSSR count). The van der Waals surface area contributed by atoms with Gasteiger partial charge in [-0.2, -0.15) is 0 Å². The van der Waals surface area contributed by atoms with Crippen LogP contribution < -0.4 is 0 Å². The van der Waals surface area contributed by atoms with Gasteiger partial charge < -0.3 is 20.1 Å². The predicted molar refractivity (Wildman–Crippen MR) is 131 cm³/mol. The SMILES string of the molecule is C=C1/C(=C\C=C2/CCC[C@]3(C)[C@@H]([C@@H](C)OCCCC(F)(F)C(C)(C)O)CC[C@@H]23)C[C@@H](O)C[C@@H]1O. The molecule has 0 saturated heterocycles. The lowest BCUT2D eigenvalue weighted by molar-refractivity contribution is -0.168. The highest BCUT2D eigenvalue weighted by Crippen LogP contribution is 2.58. The second-order valence-electron chi connectivity index (χ2n) is 11.6. The summed E-state index contributed by atoms with van der Waals surface area (Å²) in [6.07, 6.45) is 9.17. The van der Waals surface area contributed by atoms with Crippen LogP contribution in [0.15, 0.2) is 35.5 Å². The van der Waals surface area contributed by atoms with Crippen LogP contribution >= 0.6 is 0 Å². The van der Waals surface area contributed by atoms with E-state index in [-0.39, 0.29) is 31.0 Å². The standard InChI is InChI=1S/C28H44F2O4/c1-18-21(16-22(31)17-25(18)32)10-9-20-8-6-13-27(5)23(11-12-24(20)27)19(2)34-15-7-14-28(29,30)26(3,4)33/h9-10,19,22-25,31-33H,1,6-8,11-17H2,2-5H3/b20-9+,21-10-/t19-,22-,23-,24+,25+,27-/m1/s1. The van der Waals surface area contributed by atoms with Crippen molar-refractivity contribution in [2.24, 2.45) is 17.3 Å². The molecule has 3 N–H and O–H groups in total. The molecule has 6 heteroatoms. The molecule has 0 amide bonds. The van der Waals surface area contributed by atoms with Gasteiger partial charge in [0.15, 0.2) is 0 Å². The summed E-state index contributed by atoms with van der Waals surface area (Å²) in [6, 6.07) is 0. The van der Waals surface area contributed by atoms with Crippen molar-refractivity contribution >= 4 is 0 Å². The maximum Gasteiger partial charge on any atom is 0.275 e. The van der Waals surface area contributed by atoms with Crippen molar-refractivity contribution in [3.63, 3.8) is 0 Å². The minimum atomic E-state index is -3.13. The fourth-order valence-corrected chi connectivity index (χ4v) is 6.50. The van der Waals surface area contributed by atoms with Crippen LogP contribution in [0.25, 0.3) is 0 Å². The third kappa shape index (κ3) is 5.83. The van der Waals surface area contributed by atoms with Crippen molar-refractivity contribution in [1.82, 2.24) is 0 Å². The Morgan fingerprint density at radius 2 is 1.94 bits per heavy atom. The minimum absolute atomic E-state index is 0.00752. The summed E-state index contributed by atoms with van der Waals surface area (Å²) in [7, 11) is 0. The van der Waals surface area contributed by atoms with E-state index in [0.29, 0.717) is 30.3 Å². The lowest BCUT2D eigenvalue weighted by Crippen LogP contribution is -2.43. The van der Waals surface area contributed by atoms with E-state index >= 15 is 0 Å². The molecule has 0 unspecified atom stereocenters. The minimum Gasteiger partial charge on any atom is -0.393 e. The van der Waals surface area contributed by atoms with Crippen molar-refractivity contribution in [2.45, 2.75) is 115 Å². The third-order valence-electron chi connectivity index (χ3n) is 8.78. The van der Waals surface area contributed by atoms with Crippen LogP contribution in [-0.2, 0) is 4.74 Å². The number of aliphatic hydroxyl groups is 3. The second-order valence-corrected chi connectivity index (χ2v) is 11.6. The first-order valence-corrected chi connectivity index (χ1v) is 12.9. The highest BCUT2D eigenvalue weighted by atomic mass is 19.3. The summed E-state index contributed by atoms with van der Waals surface area (Å²) in [6.45, 7) is 11.0. The lowest BCUT2D eigenvalue weighted by atomic mass is 9.62. The van der Waals surface area contributed by atoms with Gasteiger partial charge in [-0.05, 0) is 94.1 Å². The Morgan fingerprint density at radius 3 is 2.62 bits per heavy atom. The monoisotopic (exact) mass is 482 g/mol. The number of ether oxygens (including phenoxy) is 1. The van der Waals surface area contributed by atoms with E-state index in [4.69, 9.17) is 4.74 Å². The molecule has 34 heavy (non-hydrogen) atoms. The van der Waals surface area contributed by atoms with E-state index in [1.165, 1.54) is 5.57 Å². The number of aliphatic hydroxyl groups excluding tert-OH is 2. The van der Waals surface area contributed by atoms with Crippen LogP contribution in [0.4, 0.5) is 8.78 Å². The zero-order chi connectivity index (χ0) is 25.3. The van der Waals surface area contributed by atoms with E-state index in [2.05, 4.69) is 26.5 Å². The van der Waals surface area contributed by atoms with Crippen molar-refractivity contribution in [3.8, 4) is 0 Å².